The number of benzene rings is 3. The number of hydrogen-bond acceptors (Lipinski definition) is 6. The van der Waals surface area contributed by atoms with Gasteiger partial charge in [-0.2, -0.15) is 0 Å². The number of rotatable bonds is 9. The Morgan fingerprint density at radius 1 is 0.956 bits per heavy atom. The minimum absolute atomic E-state index is 0.0131. The van der Waals surface area contributed by atoms with E-state index in [0.717, 1.165) is 66.0 Å². The number of aromatic nitrogens is 2. The van der Waals surface area contributed by atoms with Gasteiger partial charge in [-0.05, 0) is 86.0 Å². The molecular formula is C36H37ClN4O4. The van der Waals surface area contributed by atoms with Gasteiger partial charge in [0, 0.05) is 84.9 Å². The molecule has 0 unspecified atom stereocenters. The normalized spacial score (nSPS) is 13.8. The van der Waals surface area contributed by atoms with E-state index in [1.54, 1.807) is 23.6 Å². The molecule has 1 aliphatic rings. The molecular weight excluding hydrogens is 588 g/mol. The van der Waals surface area contributed by atoms with Crippen molar-refractivity contribution < 1.29 is 14.3 Å². The molecule has 0 saturated carbocycles. The Labute approximate surface area is 267 Å². The highest BCUT2D eigenvalue weighted by molar-refractivity contribution is 6.30. The maximum absolute atomic E-state index is 12.9. The third-order valence-corrected chi connectivity index (χ3v) is 8.47. The lowest BCUT2D eigenvalue weighted by Crippen LogP contribution is -2.46. The predicted octanol–water partition coefficient (Wildman–Crippen LogP) is 7.52. The zero-order chi connectivity index (χ0) is 31.5. The molecule has 0 atom stereocenters. The van der Waals surface area contributed by atoms with Gasteiger partial charge in [0.05, 0.1) is 6.61 Å². The average Bonchev–Trinajstić information content (AvgIpc) is 3.50. The van der Waals surface area contributed by atoms with Crippen LogP contribution < -0.4 is 15.2 Å². The second-order valence-corrected chi connectivity index (χ2v) is 12.0. The first-order chi connectivity index (χ1) is 21.8. The molecule has 1 saturated heterocycles. The van der Waals surface area contributed by atoms with Crippen molar-refractivity contribution in [2.45, 2.75) is 33.4 Å². The summed E-state index contributed by atoms with van der Waals surface area (Å²) in [4.78, 5) is 33.7. The van der Waals surface area contributed by atoms with E-state index >= 15 is 0 Å². The lowest BCUT2D eigenvalue weighted by atomic mass is 10.0. The quantitative estimate of drug-likeness (QED) is 0.171. The van der Waals surface area contributed by atoms with Gasteiger partial charge in [0.2, 0.25) is 0 Å². The van der Waals surface area contributed by atoms with Crippen molar-refractivity contribution in [3.05, 3.63) is 112 Å². The molecule has 0 aliphatic carbocycles. The highest BCUT2D eigenvalue weighted by Gasteiger charge is 2.22. The first-order valence-corrected chi connectivity index (χ1v) is 15.7. The van der Waals surface area contributed by atoms with Crippen molar-refractivity contribution in [1.29, 1.82) is 0 Å². The van der Waals surface area contributed by atoms with Crippen molar-refractivity contribution in [2.24, 2.45) is 0 Å². The van der Waals surface area contributed by atoms with E-state index in [0.29, 0.717) is 22.1 Å². The van der Waals surface area contributed by atoms with Gasteiger partial charge in [-0.15, -0.1) is 0 Å². The fraction of sp³-hybridized carbons (Fsp3) is 0.278. The van der Waals surface area contributed by atoms with Crippen LogP contribution in [0.4, 0.5) is 5.69 Å². The molecule has 1 aliphatic heterocycles. The number of H-pyrrole nitrogens is 1. The first kappa shape index (κ1) is 30.5. The zero-order valence-corrected chi connectivity index (χ0v) is 26.5. The molecule has 3 heterocycles. The topological polar surface area (TPSA) is 79.8 Å². The number of nitrogens with zero attached hydrogens (tertiary/aromatic N) is 3. The van der Waals surface area contributed by atoms with E-state index in [-0.39, 0.29) is 18.2 Å². The molecule has 0 spiro atoms. The number of hydrogen-bond donors (Lipinski definition) is 1. The van der Waals surface area contributed by atoms with E-state index in [2.05, 4.69) is 14.8 Å². The number of fused-ring (bicyclic) bond motifs is 1. The molecule has 45 heavy (non-hydrogen) atoms. The maximum Gasteiger partial charge on any atom is 0.341 e. The van der Waals surface area contributed by atoms with Crippen LogP contribution in [0, 0.1) is 0 Å². The van der Waals surface area contributed by atoms with Crippen molar-refractivity contribution in [3.63, 3.8) is 0 Å². The third-order valence-electron chi connectivity index (χ3n) is 8.22. The molecule has 2 aromatic heterocycles. The average molecular weight is 625 g/mol. The van der Waals surface area contributed by atoms with E-state index in [1.807, 2.05) is 86.9 Å². The van der Waals surface area contributed by atoms with Crippen LogP contribution in [0.25, 0.3) is 22.0 Å². The number of anilines is 1. The number of aromatic amines is 1. The summed E-state index contributed by atoms with van der Waals surface area (Å²) in [5.41, 5.74) is 5.40. The van der Waals surface area contributed by atoms with Gasteiger partial charge in [0.1, 0.15) is 17.1 Å². The smallest absolute Gasteiger partial charge is 0.341 e. The SMILES string of the molecule is CCOC(=O)c1ccc(N2CCN(Cc3cn(C(C)C)c(=O)cc3-c3ccc(Cl)cc3)CC2)cc1Oc1ccc2[nH]ccc2c1. The number of nitrogens with one attached hydrogen (secondary N) is 1. The Morgan fingerprint density at radius 2 is 1.73 bits per heavy atom. The molecule has 0 radical (unpaired) electrons. The Kier molecular flexibility index (Phi) is 8.96. The summed E-state index contributed by atoms with van der Waals surface area (Å²) in [7, 11) is 0. The van der Waals surface area contributed by atoms with Crippen LogP contribution in [0.2, 0.25) is 5.02 Å². The number of ether oxygens (including phenoxy) is 2. The molecule has 0 amide bonds. The van der Waals surface area contributed by atoms with Crippen LogP contribution in [0.1, 0.15) is 42.7 Å². The summed E-state index contributed by atoms with van der Waals surface area (Å²) in [6.07, 6.45) is 3.89. The van der Waals surface area contributed by atoms with Gasteiger partial charge in [0.15, 0.2) is 0 Å². The number of esters is 1. The molecule has 6 rings (SSSR count). The van der Waals surface area contributed by atoms with Crippen LogP contribution in [0.15, 0.2) is 90.0 Å². The molecule has 1 N–H and O–H groups in total. The Bertz CT molecular complexity index is 1870. The molecule has 232 valence electrons. The second-order valence-electron chi connectivity index (χ2n) is 11.6. The summed E-state index contributed by atoms with van der Waals surface area (Å²) in [5.74, 6) is 0.700. The van der Waals surface area contributed by atoms with E-state index in [1.165, 1.54) is 0 Å². The van der Waals surface area contributed by atoms with Crippen LogP contribution in [0.3, 0.4) is 0 Å². The van der Waals surface area contributed by atoms with Crippen molar-refractivity contribution in [3.8, 4) is 22.6 Å². The Hall–Kier alpha value is -4.53. The maximum atomic E-state index is 12.9. The summed E-state index contributed by atoms with van der Waals surface area (Å²) >= 11 is 6.15. The van der Waals surface area contributed by atoms with E-state index in [4.69, 9.17) is 21.1 Å². The molecule has 3 aromatic carbocycles. The molecule has 0 bridgehead atoms. The lowest BCUT2D eigenvalue weighted by Gasteiger charge is -2.36. The number of piperazine rings is 1. The monoisotopic (exact) mass is 624 g/mol. The largest absolute Gasteiger partial charge is 0.462 e. The van der Waals surface area contributed by atoms with Crippen molar-refractivity contribution >= 4 is 34.2 Å². The fourth-order valence-electron chi connectivity index (χ4n) is 5.82. The highest BCUT2D eigenvalue weighted by Crippen LogP contribution is 2.33. The number of carbonyl (C=O) groups is 1. The Balaban J connectivity index is 1.21. The second kappa shape index (κ2) is 13.2. The van der Waals surface area contributed by atoms with Crippen LogP contribution in [-0.2, 0) is 11.3 Å². The number of halogens is 1. The zero-order valence-electron chi connectivity index (χ0n) is 25.8. The number of pyridine rings is 1. The van der Waals surface area contributed by atoms with Gasteiger partial charge < -0.3 is 23.9 Å². The minimum Gasteiger partial charge on any atom is -0.462 e. The van der Waals surface area contributed by atoms with Crippen molar-refractivity contribution in [1.82, 2.24) is 14.5 Å². The van der Waals surface area contributed by atoms with E-state index in [9.17, 15) is 9.59 Å². The summed E-state index contributed by atoms with van der Waals surface area (Å²) in [6, 6.07) is 22.9. The standard InChI is InChI=1S/C36H37ClN4O4/c1-4-44-36(43)31-11-9-29(20-34(31)45-30-10-12-33-26(19-30)13-14-38-33)40-17-15-39(16-18-40)22-27-23-41(24(2)3)35(42)21-32(27)25-5-7-28(37)8-6-25/h5-14,19-21,23-24,38H,4,15-18,22H2,1-3H3. The fourth-order valence-corrected chi connectivity index (χ4v) is 5.94. The highest BCUT2D eigenvalue weighted by atomic mass is 35.5. The van der Waals surface area contributed by atoms with Gasteiger partial charge in [-0.25, -0.2) is 4.79 Å². The third kappa shape index (κ3) is 6.77. The van der Waals surface area contributed by atoms with Crippen molar-refractivity contribution in [2.75, 3.05) is 37.7 Å². The first-order valence-electron chi connectivity index (χ1n) is 15.3. The van der Waals surface area contributed by atoms with Gasteiger partial charge >= 0.3 is 5.97 Å². The summed E-state index contributed by atoms with van der Waals surface area (Å²) < 4.78 is 13.4. The molecule has 9 heteroatoms. The van der Waals surface area contributed by atoms with Crippen LogP contribution in [-0.4, -0.2) is 53.2 Å². The molecule has 5 aromatic rings. The Morgan fingerprint density at radius 3 is 2.47 bits per heavy atom. The number of carbonyl (C=O) groups excluding carboxylic acids is 1. The molecule has 1 fully saturated rings. The van der Waals surface area contributed by atoms with Gasteiger partial charge in [-0.3, -0.25) is 9.69 Å². The summed E-state index contributed by atoms with van der Waals surface area (Å²) in [5, 5.41) is 1.69. The van der Waals surface area contributed by atoms with Gasteiger partial charge in [0.25, 0.3) is 5.56 Å². The lowest BCUT2D eigenvalue weighted by molar-refractivity contribution is 0.0523. The minimum atomic E-state index is -0.411. The van der Waals surface area contributed by atoms with Crippen LogP contribution >= 0.6 is 11.6 Å². The summed E-state index contributed by atoms with van der Waals surface area (Å²) in [6.45, 7) is 10.1. The predicted molar refractivity (Wildman–Crippen MR) is 180 cm³/mol. The molecule has 8 nitrogen and oxygen atoms in total. The van der Waals surface area contributed by atoms with Gasteiger partial charge in [-0.1, -0.05) is 23.7 Å². The van der Waals surface area contributed by atoms with Crippen LogP contribution in [0.5, 0.6) is 11.5 Å². The van der Waals surface area contributed by atoms with E-state index < -0.39 is 5.97 Å².